The number of nitrogens with zero attached hydrogens (tertiary/aromatic N) is 1. The fourth-order valence-corrected chi connectivity index (χ4v) is 3.63. The number of hydrogen-bond donors (Lipinski definition) is 0. The van der Waals surface area contributed by atoms with Crippen LogP contribution in [0.1, 0.15) is 29.0 Å². The second-order valence-corrected chi connectivity index (χ2v) is 7.28. The number of ether oxygens (including phenoxy) is 1. The zero-order valence-electron chi connectivity index (χ0n) is 16.3. The molecule has 4 rings (SSSR count). The van der Waals surface area contributed by atoms with Crippen LogP contribution in [0.15, 0.2) is 75.9 Å². The first kappa shape index (κ1) is 19.0. The van der Waals surface area contributed by atoms with Gasteiger partial charge in [0.2, 0.25) is 0 Å². The average Bonchev–Trinajstić information content (AvgIpc) is 2.74. The number of hydrogen-bond acceptors (Lipinski definition) is 4. The van der Waals surface area contributed by atoms with Crippen molar-refractivity contribution in [2.45, 2.75) is 25.9 Å². The number of carbonyl (C=O) groups is 1. The third-order valence-corrected chi connectivity index (χ3v) is 5.14. The molecule has 1 aromatic heterocycles. The fourth-order valence-electron chi connectivity index (χ4n) is 3.63. The van der Waals surface area contributed by atoms with Crippen molar-refractivity contribution in [3.8, 4) is 16.9 Å². The summed E-state index contributed by atoms with van der Waals surface area (Å²) in [5.74, 6) is 1.10. The van der Waals surface area contributed by atoms with E-state index in [0.717, 1.165) is 24.0 Å². The highest BCUT2D eigenvalue weighted by molar-refractivity contribution is 5.94. The molecule has 0 atom stereocenters. The van der Waals surface area contributed by atoms with Crippen molar-refractivity contribution in [3.63, 3.8) is 0 Å². The number of carbonyl (C=O) groups excluding carboxylic acids is 1. The minimum Gasteiger partial charge on any atom is -0.490 e. The van der Waals surface area contributed by atoms with E-state index in [0.29, 0.717) is 30.2 Å². The summed E-state index contributed by atoms with van der Waals surface area (Å²) >= 11 is 0. The molecule has 0 unspecified atom stereocenters. The highest BCUT2D eigenvalue weighted by Gasteiger charge is 2.25. The minimum atomic E-state index is -0.411. The Kier molecular flexibility index (Phi) is 5.47. The van der Waals surface area contributed by atoms with Gasteiger partial charge in [-0.15, -0.1) is 0 Å². The zero-order valence-corrected chi connectivity index (χ0v) is 16.3. The van der Waals surface area contributed by atoms with Gasteiger partial charge in [0.1, 0.15) is 17.6 Å². The maximum atomic E-state index is 12.8. The minimum absolute atomic E-state index is 0.0132. The predicted molar refractivity (Wildman–Crippen MR) is 111 cm³/mol. The lowest BCUT2D eigenvalue weighted by Gasteiger charge is -2.32. The molecule has 0 radical (unpaired) electrons. The highest BCUT2D eigenvalue weighted by atomic mass is 16.5. The van der Waals surface area contributed by atoms with Gasteiger partial charge in [0.05, 0.1) is 6.07 Å². The molecule has 0 spiro atoms. The molecule has 5 heteroatoms. The zero-order chi connectivity index (χ0) is 20.2. The molecular formula is C24H23NO4. The molecule has 2 aromatic carbocycles. The number of benzene rings is 2. The second-order valence-electron chi connectivity index (χ2n) is 7.28. The largest absolute Gasteiger partial charge is 0.490 e. The van der Waals surface area contributed by atoms with E-state index in [1.165, 1.54) is 6.07 Å². The first-order chi connectivity index (χ1) is 14.1. The van der Waals surface area contributed by atoms with Crippen LogP contribution in [0.5, 0.6) is 5.75 Å². The van der Waals surface area contributed by atoms with E-state index in [4.69, 9.17) is 9.15 Å². The summed E-state index contributed by atoms with van der Waals surface area (Å²) in [5, 5.41) is 0. The molecule has 148 valence electrons. The first-order valence-corrected chi connectivity index (χ1v) is 9.82. The Labute approximate surface area is 169 Å². The summed E-state index contributed by atoms with van der Waals surface area (Å²) in [5.41, 5.74) is 2.51. The SMILES string of the molecule is Cc1cc(OC2CCN(C(=O)c3ccc(-c4ccccc4)cc3)CC2)cc(=O)o1. The molecule has 5 nitrogen and oxygen atoms in total. The van der Waals surface area contributed by atoms with Gasteiger partial charge >= 0.3 is 5.63 Å². The number of rotatable bonds is 4. The molecular weight excluding hydrogens is 366 g/mol. The van der Waals surface area contributed by atoms with Crippen molar-refractivity contribution in [2.75, 3.05) is 13.1 Å². The van der Waals surface area contributed by atoms with Crippen molar-refractivity contribution in [1.29, 1.82) is 0 Å². The Hall–Kier alpha value is -3.34. The molecule has 3 aromatic rings. The fraction of sp³-hybridized carbons (Fsp3) is 0.250. The molecule has 0 saturated carbocycles. The topological polar surface area (TPSA) is 59.8 Å². The Bertz CT molecular complexity index is 1030. The van der Waals surface area contributed by atoms with Crippen LogP contribution < -0.4 is 10.4 Å². The van der Waals surface area contributed by atoms with Crippen molar-refractivity contribution in [3.05, 3.63) is 88.5 Å². The number of aryl methyl sites for hydroxylation is 1. The molecule has 0 N–H and O–H groups in total. The summed E-state index contributed by atoms with van der Waals surface area (Å²) in [7, 11) is 0. The molecule has 0 bridgehead atoms. The number of piperidine rings is 1. The molecule has 29 heavy (non-hydrogen) atoms. The van der Waals surface area contributed by atoms with Gasteiger partial charge in [-0.25, -0.2) is 4.79 Å². The molecule has 2 heterocycles. The lowest BCUT2D eigenvalue weighted by Crippen LogP contribution is -2.41. The molecule has 1 saturated heterocycles. The van der Waals surface area contributed by atoms with E-state index >= 15 is 0 Å². The molecule has 1 amide bonds. The van der Waals surface area contributed by atoms with Gasteiger partial charge in [0.15, 0.2) is 0 Å². The maximum absolute atomic E-state index is 12.8. The molecule has 1 fully saturated rings. The van der Waals surface area contributed by atoms with Crippen molar-refractivity contribution < 1.29 is 13.9 Å². The molecule has 0 aliphatic carbocycles. The average molecular weight is 389 g/mol. The van der Waals surface area contributed by atoms with Crippen LogP contribution in [-0.4, -0.2) is 30.0 Å². The van der Waals surface area contributed by atoms with Gasteiger partial charge in [0, 0.05) is 37.6 Å². The van der Waals surface area contributed by atoms with Gasteiger partial charge in [-0.2, -0.15) is 0 Å². The first-order valence-electron chi connectivity index (χ1n) is 9.82. The standard InChI is InChI=1S/C24H23NO4/c1-17-15-22(16-23(26)28-17)29-21-11-13-25(14-12-21)24(27)20-9-7-19(8-10-20)18-5-3-2-4-6-18/h2-10,15-16,21H,11-14H2,1H3. The Morgan fingerprint density at radius 2 is 1.62 bits per heavy atom. The van der Waals surface area contributed by atoms with Crippen LogP contribution >= 0.6 is 0 Å². The van der Waals surface area contributed by atoms with Crippen LogP contribution in [0.25, 0.3) is 11.1 Å². The molecule has 1 aliphatic heterocycles. The summed E-state index contributed by atoms with van der Waals surface area (Å²) in [6, 6.07) is 20.9. The van der Waals surface area contributed by atoms with Crippen LogP contribution in [0.4, 0.5) is 0 Å². The van der Waals surface area contributed by atoms with E-state index < -0.39 is 5.63 Å². The number of amides is 1. The van der Waals surface area contributed by atoms with Crippen molar-refractivity contribution >= 4 is 5.91 Å². The number of likely N-dealkylation sites (tertiary alicyclic amines) is 1. The quantitative estimate of drug-likeness (QED) is 0.668. The van der Waals surface area contributed by atoms with Crippen molar-refractivity contribution in [1.82, 2.24) is 4.90 Å². The predicted octanol–water partition coefficient (Wildman–Crippen LogP) is 4.30. The lowest BCUT2D eigenvalue weighted by atomic mass is 10.0. The maximum Gasteiger partial charge on any atom is 0.339 e. The normalized spacial score (nSPS) is 14.6. The Morgan fingerprint density at radius 1 is 0.966 bits per heavy atom. The van der Waals surface area contributed by atoms with E-state index in [9.17, 15) is 9.59 Å². The van der Waals surface area contributed by atoms with Crippen molar-refractivity contribution in [2.24, 2.45) is 0 Å². The van der Waals surface area contributed by atoms with Crippen LogP contribution in [0.2, 0.25) is 0 Å². The van der Waals surface area contributed by atoms with E-state index in [1.54, 1.807) is 13.0 Å². The summed E-state index contributed by atoms with van der Waals surface area (Å²) < 4.78 is 10.9. The van der Waals surface area contributed by atoms with Gasteiger partial charge in [-0.05, 0) is 30.2 Å². The third-order valence-electron chi connectivity index (χ3n) is 5.14. The Morgan fingerprint density at radius 3 is 2.28 bits per heavy atom. The highest BCUT2D eigenvalue weighted by Crippen LogP contribution is 2.22. The van der Waals surface area contributed by atoms with Gasteiger partial charge in [-0.1, -0.05) is 42.5 Å². The van der Waals surface area contributed by atoms with Crippen LogP contribution in [0.3, 0.4) is 0 Å². The summed E-state index contributed by atoms with van der Waals surface area (Å²) in [6.45, 7) is 2.98. The monoisotopic (exact) mass is 389 g/mol. The smallest absolute Gasteiger partial charge is 0.339 e. The van der Waals surface area contributed by atoms with E-state index in [2.05, 4.69) is 12.1 Å². The Balaban J connectivity index is 1.36. The van der Waals surface area contributed by atoms with Crippen LogP contribution in [-0.2, 0) is 0 Å². The summed E-state index contributed by atoms with van der Waals surface area (Å²) in [6.07, 6.45) is 1.45. The summed E-state index contributed by atoms with van der Waals surface area (Å²) in [4.78, 5) is 26.2. The van der Waals surface area contributed by atoms with Gasteiger partial charge < -0.3 is 14.1 Å². The van der Waals surface area contributed by atoms with Crippen LogP contribution in [0, 0.1) is 6.92 Å². The van der Waals surface area contributed by atoms with Gasteiger partial charge in [-0.3, -0.25) is 4.79 Å². The molecule has 1 aliphatic rings. The van der Waals surface area contributed by atoms with E-state index in [1.807, 2.05) is 47.4 Å². The lowest BCUT2D eigenvalue weighted by molar-refractivity contribution is 0.0594. The second kappa shape index (κ2) is 8.35. The van der Waals surface area contributed by atoms with E-state index in [-0.39, 0.29) is 12.0 Å². The third kappa shape index (κ3) is 4.57. The van der Waals surface area contributed by atoms with Gasteiger partial charge in [0.25, 0.3) is 5.91 Å².